The lowest BCUT2D eigenvalue weighted by Crippen LogP contribution is -2.49. The molecule has 2 N–H and O–H groups in total. The number of nitrogens with one attached hydrogen (secondary N) is 2. The lowest BCUT2D eigenvalue weighted by Gasteiger charge is -2.23. The molecule has 146 valence electrons. The highest BCUT2D eigenvalue weighted by Gasteiger charge is 2.37. The Bertz CT molecular complexity index is 839. The Hall–Kier alpha value is -3.22. The quantitative estimate of drug-likeness (QED) is 0.804. The maximum atomic E-state index is 12.8. The number of nitrogens with zero attached hydrogens (tertiary/aromatic N) is 2. The van der Waals surface area contributed by atoms with Gasteiger partial charge in [0.05, 0.1) is 5.92 Å². The predicted octanol–water partition coefficient (Wildman–Crippen LogP) is 2.21. The number of aromatic nitrogens is 1. The number of anilines is 2. The number of amides is 3. The Morgan fingerprint density at radius 2 is 1.82 bits per heavy atom. The van der Waals surface area contributed by atoms with Crippen LogP contribution in [0.5, 0.6) is 0 Å². The van der Waals surface area contributed by atoms with Crippen molar-refractivity contribution in [1.29, 1.82) is 0 Å². The molecule has 0 spiro atoms. The highest BCUT2D eigenvalue weighted by molar-refractivity contribution is 6.02. The van der Waals surface area contributed by atoms with Crippen LogP contribution in [0.15, 0.2) is 54.7 Å². The van der Waals surface area contributed by atoms with Gasteiger partial charge >= 0.3 is 0 Å². The van der Waals surface area contributed by atoms with E-state index in [0.717, 1.165) is 5.69 Å². The number of hydrogen-bond acceptors (Lipinski definition) is 4. The molecule has 1 saturated heterocycles. The summed E-state index contributed by atoms with van der Waals surface area (Å²) in [7, 11) is 0. The van der Waals surface area contributed by atoms with E-state index in [0.29, 0.717) is 12.4 Å². The van der Waals surface area contributed by atoms with Gasteiger partial charge in [0.15, 0.2) is 0 Å². The van der Waals surface area contributed by atoms with Crippen molar-refractivity contribution in [3.63, 3.8) is 0 Å². The first-order chi connectivity index (χ1) is 13.5. The first-order valence-corrected chi connectivity index (χ1v) is 9.33. The molecule has 1 aromatic heterocycles. The Morgan fingerprint density at radius 3 is 2.46 bits per heavy atom. The molecule has 1 aliphatic heterocycles. The molecule has 28 heavy (non-hydrogen) atoms. The number of carbonyl (C=O) groups is 3. The monoisotopic (exact) mass is 380 g/mol. The van der Waals surface area contributed by atoms with Gasteiger partial charge in [-0.2, -0.15) is 0 Å². The van der Waals surface area contributed by atoms with Crippen LogP contribution in [0.4, 0.5) is 11.5 Å². The molecule has 1 aromatic carbocycles. The van der Waals surface area contributed by atoms with Crippen LogP contribution in [-0.2, 0) is 14.4 Å². The fraction of sp³-hybridized carbons (Fsp3) is 0.333. The topological polar surface area (TPSA) is 91.4 Å². The SMILES string of the molecule is CC(C)[C@H](NC(=O)C1CC(=O)N(c2ccccc2)C1)C(=O)Nc1ccccn1. The van der Waals surface area contributed by atoms with Gasteiger partial charge in [-0.3, -0.25) is 14.4 Å². The van der Waals surface area contributed by atoms with Gasteiger partial charge in [0, 0.05) is 24.8 Å². The molecule has 0 saturated carbocycles. The van der Waals surface area contributed by atoms with Crippen molar-refractivity contribution in [3.05, 3.63) is 54.7 Å². The fourth-order valence-corrected chi connectivity index (χ4v) is 3.19. The first-order valence-electron chi connectivity index (χ1n) is 9.33. The highest BCUT2D eigenvalue weighted by atomic mass is 16.2. The minimum absolute atomic E-state index is 0.0922. The van der Waals surface area contributed by atoms with Gasteiger partial charge in [0.2, 0.25) is 17.7 Å². The van der Waals surface area contributed by atoms with E-state index >= 15 is 0 Å². The number of para-hydroxylation sites is 1. The Balaban J connectivity index is 1.64. The smallest absolute Gasteiger partial charge is 0.248 e. The number of benzene rings is 1. The van der Waals surface area contributed by atoms with Crippen LogP contribution in [0.2, 0.25) is 0 Å². The summed E-state index contributed by atoms with van der Waals surface area (Å²) in [6.07, 6.45) is 1.72. The Labute approximate surface area is 164 Å². The van der Waals surface area contributed by atoms with Crippen LogP contribution in [0.1, 0.15) is 20.3 Å². The molecule has 1 fully saturated rings. The van der Waals surface area contributed by atoms with E-state index in [1.807, 2.05) is 44.2 Å². The molecule has 3 amide bonds. The van der Waals surface area contributed by atoms with Crippen LogP contribution >= 0.6 is 0 Å². The molecule has 2 aromatic rings. The Morgan fingerprint density at radius 1 is 1.11 bits per heavy atom. The van der Waals surface area contributed by atoms with E-state index in [4.69, 9.17) is 0 Å². The van der Waals surface area contributed by atoms with Gasteiger partial charge in [-0.05, 0) is 30.2 Å². The van der Waals surface area contributed by atoms with Crippen molar-refractivity contribution in [2.75, 3.05) is 16.8 Å². The summed E-state index contributed by atoms with van der Waals surface area (Å²) < 4.78 is 0. The minimum Gasteiger partial charge on any atom is -0.344 e. The average Bonchev–Trinajstić information content (AvgIpc) is 3.09. The largest absolute Gasteiger partial charge is 0.344 e. The summed E-state index contributed by atoms with van der Waals surface area (Å²) in [6.45, 7) is 4.03. The van der Waals surface area contributed by atoms with Gasteiger partial charge in [0.25, 0.3) is 0 Å². The standard InChI is InChI=1S/C21H24N4O3/c1-14(2)19(21(28)23-17-10-6-7-11-22-17)24-20(27)15-12-18(26)25(13-15)16-8-4-3-5-9-16/h3-11,14-15,19H,12-13H2,1-2H3,(H,24,27)(H,22,23,28)/t15?,19-/m0/s1. The van der Waals surface area contributed by atoms with Crippen molar-refractivity contribution in [2.45, 2.75) is 26.3 Å². The lowest BCUT2D eigenvalue weighted by atomic mass is 10.0. The van der Waals surface area contributed by atoms with Gasteiger partial charge in [-0.25, -0.2) is 4.98 Å². The number of carbonyl (C=O) groups excluding carboxylic acids is 3. The zero-order chi connectivity index (χ0) is 20.1. The minimum atomic E-state index is -0.713. The second-order valence-electron chi connectivity index (χ2n) is 7.18. The summed E-state index contributed by atoms with van der Waals surface area (Å²) in [4.78, 5) is 43.4. The molecular weight excluding hydrogens is 356 g/mol. The third-order valence-corrected chi connectivity index (χ3v) is 4.73. The zero-order valence-electron chi connectivity index (χ0n) is 16.0. The second kappa shape index (κ2) is 8.65. The molecular formula is C21H24N4O3. The van der Waals surface area contributed by atoms with Crippen molar-refractivity contribution < 1.29 is 14.4 Å². The van der Waals surface area contributed by atoms with E-state index in [1.165, 1.54) is 0 Å². The maximum Gasteiger partial charge on any atom is 0.248 e. The van der Waals surface area contributed by atoms with Crippen LogP contribution in [-0.4, -0.2) is 35.3 Å². The second-order valence-corrected chi connectivity index (χ2v) is 7.18. The summed E-state index contributed by atoms with van der Waals surface area (Å²) >= 11 is 0. The molecule has 0 radical (unpaired) electrons. The molecule has 7 heteroatoms. The van der Waals surface area contributed by atoms with Gasteiger partial charge in [-0.1, -0.05) is 38.1 Å². The summed E-state index contributed by atoms with van der Waals surface area (Å²) in [5.41, 5.74) is 0.774. The average molecular weight is 380 g/mol. The van der Waals surface area contributed by atoms with Gasteiger partial charge < -0.3 is 15.5 Å². The van der Waals surface area contributed by atoms with Crippen LogP contribution in [0.3, 0.4) is 0 Å². The predicted molar refractivity (Wildman–Crippen MR) is 107 cm³/mol. The molecule has 1 unspecified atom stereocenters. The normalized spacial score (nSPS) is 17.5. The fourth-order valence-electron chi connectivity index (χ4n) is 3.19. The molecule has 7 nitrogen and oxygen atoms in total. The van der Waals surface area contributed by atoms with Gasteiger partial charge in [-0.15, -0.1) is 0 Å². The van der Waals surface area contributed by atoms with Crippen LogP contribution in [0.25, 0.3) is 0 Å². The van der Waals surface area contributed by atoms with E-state index in [1.54, 1.807) is 29.3 Å². The van der Waals surface area contributed by atoms with E-state index in [-0.39, 0.29) is 30.1 Å². The van der Waals surface area contributed by atoms with Crippen molar-refractivity contribution in [1.82, 2.24) is 10.3 Å². The highest BCUT2D eigenvalue weighted by Crippen LogP contribution is 2.25. The van der Waals surface area contributed by atoms with Gasteiger partial charge in [0.1, 0.15) is 11.9 Å². The van der Waals surface area contributed by atoms with Crippen LogP contribution < -0.4 is 15.5 Å². The lowest BCUT2D eigenvalue weighted by molar-refractivity contribution is -0.130. The number of rotatable bonds is 6. The zero-order valence-corrected chi connectivity index (χ0v) is 16.0. The summed E-state index contributed by atoms with van der Waals surface area (Å²) in [6, 6.07) is 13.8. The van der Waals surface area contributed by atoms with Crippen molar-refractivity contribution >= 4 is 29.2 Å². The molecule has 2 atom stereocenters. The maximum absolute atomic E-state index is 12.8. The van der Waals surface area contributed by atoms with E-state index in [9.17, 15) is 14.4 Å². The van der Waals surface area contributed by atoms with Crippen molar-refractivity contribution in [3.8, 4) is 0 Å². The molecule has 0 bridgehead atoms. The summed E-state index contributed by atoms with van der Waals surface area (Å²) in [5, 5.41) is 5.53. The Kier molecular flexibility index (Phi) is 6.03. The first kappa shape index (κ1) is 19.5. The van der Waals surface area contributed by atoms with Crippen LogP contribution in [0, 0.1) is 11.8 Å². The van der Waals surface area contributed by atoms with Crippen molar-refractivity contribution in [2.24, 2.45) is 11.8 Å². The number of pyridine rings is 1. The third-order valence-electron chi connectivity index (χ3n) is 4.73. The number of hydrogen-bond donors (Lipinski definition) is 2. The molecule has 1 aliphatic rings. The molecule has 2 heterocycles. The molecule has 3 rings (SSSR count). The third kappa shape index (κ3) is 4.54. The molecule has 0 aliphatic carbocycles. The van der Waals surface area contributed by atoms with E-state index < -0.39 is 12.0 Å². The van der Waals surface area contributed by atoms with E-state index in [2.05, 4.69) is 15.6 Å². The summed E-state index contributed by atoms with van der Waals surface area (Å²) in [5.74, 6) is -0.886.